The van der Waals surface area contributed by atoms with Gasteiger partial charge in [-0.05, 0) is 12.2 Å². The molecule has 5 N–H and O–H groups in total. The topological polar surface area (TPSA) is 106 Å². The number of thioether (sulfide) groups is 1. The number of carboxylic acid groups (broad SMARTS) is 1. The van der Waals surface area contributed by atoms with E-state index < -0.39 is 12.0 Å². The van der Waals surface area contributed by atoms with Crippen LogP contribution < -0.4 is 11.5 Å². The van der Waals surface area contributed by atoms with Gasteiger partial charge in [0, 0.05) is 12.2 Å². The zero-order chi connectivity index (χ0) is 10.3. The van der Waals surface area contributed by atoms with Gasteiger partial charge in [0.05, 0.1) is 0 Å². The van der Waals surface area contributed by atoms with E-state index in [1.807, 2.05) is 0 Å². The van der Waals surface area contributed by atoms with Crippen LogP contribution in [0.4, 0.5) is 0 Å². The number of amides is 1. The maximum Gasteiger partial charge on any atom is 0.321 e. The van der Waals surface area contributed by atoms with Crippen molar-refractivity contribution < 1.29 is 14.7 Å². The van der Waals surface area contributed by atoms with Gasteiger partial charge < -0.3 is 16.6 Å². The van der Waals surface area contributed by atoms with Crippen LogP contribution in [-0.4, -0.2) is 34.5 Å². The van der Waals surface area contributed by atoms with Crippen molar-refractivity contribution in [3.8, 4) is 0 Å². The number of hydrogen-bond acceptors (Lipinski definition) is 4. The van der Waals surface area contributed by atoms with Gasteiger partial charge in [0.15, 0.2) is 0 Å². The molecule has 0 aliphatic rings. The minimum absolute atomic E-state index is 0.330. The largest absolute Gasteiger partial charge is 0.480 e. The first-order valence-corrected chi connectivity index (χ1v) is 5.04. The van der Waals surface area contributed by atoms with Crippen molar-refractivity contribution in [1.82, 2.24) is 0 Å². The number of primary amides is 1. The summed E-state index contributed by atoms with van der Waals surface area (Å²) in [5.74, 6) is -0.247. The lowest BCUT2D eigenvalue weighted by atomic mass is 10.3. The smallest absolute Gasteiger partial charge is 0.321 e. The van der Waals surface area contributed by atoms with E-state index in [1.165, 1.54) is 11.8 Å². The molecule has 0 unspecified atom stereocenters. The van der Waals surface area contributed by atoms with Crippen molar-refractivity contribution in [2.45, 2.75) is 18.9 Å². The number of aliphatic carboxylic acids is 1. The van der Waals surface area contributed by atoms with Crippen LogP contribution in [-0.2, 0) is 9.59 Å². The molecule has 5 nitrogen and oxygen atoms in total. The maximum atomic E-state index is 10.3. The van der Waals surface area contributed by atoms with Crippen molar-refractivity contribution >= 4 is 23.6 Å². The highest BCUT2D eigenvalue weighted by Crippen LogP contribution is 2.05. The van der Waals surface area contributed by atoms with E-state index in [0.717, 1.165) is 0 Å². The highest BCUT2D eigenvalue weighted by molar-refractivity contribution is 7.99. The summed E-state index contributed by atoms with van der Waals surface area (Å²) in [6, 6.07) is -0.821. The van der Waals surface area contributed by atoms with Gasteiger partial charge in [-0.1, -0.05) is 0 Å². The van der Waals surface area contributed by atoms with Crippen LogP contribution in [0.2, 0.25) is 0 Å². The molecule has 0 saturated carbocycles. The predicted molar refractivity (Wildman–Crippen MR) is 51.4 cm³/mol. The fourth-order valence-electron chi connectivity index (χ4n) is 0.630. The first kappa shape index (κ1) is 12.2. The van der Waals surface area contributed by atoms with Gasteiger partial charge in [0.25, 0.3) is 0 Å². The lowest BCUT2D eigenvalue weighted by molar-refractivity contribution is -0.137. The summed E-state index contributed by atoms with van der Waals surface area (Å²) in [5.41, 5.74) is 10.2. The van der Waals surface area contributed by atoms with Crippen LogP contribution >= 0.6 is 11.8 Å². The fourth-order valence-corrected chi connectivity index (χ4v) is 1.54. The molecule has 1 amide bonds. The highest BCUT2D eigenvalue weighted by Gasteiger charge is 2.10. The van der Waals surface area contributed by atoms with Crippen molar-refractivity contribution in [3.05, 3.63) is 0 Å². The summed E-state index contributed by atoms with van der Waals surface area (Å²) in [7, 11) is 0. The molecule has 76 valence electrons. The van der Waals surface area contributed by atoms with Gasteiger partial charge in [-0.25, -0.2) is 0 Å². The third kappa shape index (κ3) is 7.61. The lowest BCUT2D eigenvalue weighted by Crippen LogP contribution is -2.32. The third-order valence-corrected chi connectivity index (χ3v) is 2.50. The first-order chi connectivity index (χ1) is 6.04. The average Bonchev–Trinajstić information content (AvgIpc) is 2.02. The second-order valence-corrected chi connectivity index (χ2v) is 3.74. The fraction of sp³-hybridized carbons (Fsp3) is 0.714. The van der Waals surface area contributed by atoms with Crippen molar-refractivity contribution in [2.24, 2.45) is 11.5 Å². The van der Waals surface area contributed by atoms with Gasteiger partial charge >= 0.3 is 5.97 Å². The highest BCUT2D eigenvalue weighted by atomic mass is 32.2. The molecule has 1 atom stereocenters. The summed E-state index contributed by atoms with van der Waals surface area (Å²) >= 11 is 1.42. The van der Waals surface area contributed by atoms with E-state index in [1.54, 1.807) is 0 Å². The van der Waals surface area contributed by atoms with E-state index >= 15 is 0 Å². The van der Waals surface area contributed by atoms with Gasteiger partial charge in [0.2, 0.25) is 5.91 Å². The Balaban J connectivity index is 3.26. The normalized spacial score (nSPS) is 12.4. The molecule has 0 radical (unpaired) electrons. The Labute approximate surface area is 80.8 Å². The number of rotatable bonds is 7. The molecule has 0 spiro atoms. The molecule has 0 aliphatic heterocycles. The van der Waals surface area contributed by atoms with Crippen molar-refractivity contribution in [3.63, 3.8) is 0 Å². The standard InChI is InChI=1S/C7H14N2O3S/c8-5(7(11)12)4-13-3-1-2-6(9)10/h5H,1-4,8H2,(H2,9,10)(H,11,12)/t5-/m0/s1. The number of nitrogens with two attached hydrogens (primary N) is 2. The molecule has 0 fully saturated rings. The number of carbonyl (C=O) groups is 2. The molecule has 0 heterocycles. The van der Waals surface area contributed by atoms with E-state index in [9.17, 15) is 9.59 Å². The Kier molecular flexibility index (Phi) is 6.34. The molecule has 0 aliphatic carbocycles. The quantitative estimate of drug-likeness (QED) is 0.482. The molecule has 6 heteroatoms. The molecule has 0 aromatic heterocycles. The zero-order valence-corrected chi connectivity index (χ0v) is 8.05. The summed E-state index contributed by atoms with van der Waals surface area (Å²) < 4.78 is 0. The Morgan fingerprint density at radius 3 is 2.54 bits per heavy atom. The minimum Gasteiger partial charge on any atom is -0.480 e. The Bertz CT molecular complexity index is 187. The van der Waals surface area contributed by atoms with E-state index in [2.05, 4.69) is 0 Å². The molecule has 0 aromatic carbocycles. The van der Waals surface area contributed by atoms with Gasteiger partial charge in [-0.15, -0.1) is 0 Å². The van der Waals surface area contributed by atoms with E-state index in [4.69, 9.17) is 16.6 Å². The van der Waals surface area contributed by atoms with E-state index in [0.29, 0.717) is 24.3 Å². The Morgan fingerprint density at radius 1 is 1.46 bits per heavy atom. The minimum atomic E-state index is -0.998. The molecule has 0 aromatic rings. The molecule has 13 heavy (non-hydrogen) atoms. The first-order valence-electron chi connectivity index (χ1n) is 3.88. The second kappa shape index (κ2) is 6.73. The van der Waals surface area contributed by atoms with Gasteiger partial charge in [-0.2, -0.15) is 11.8 Å². The monoisotopic (exact) mass is 206 g/mol. The van der Waals surface area contributed by atoms with Gasteiger partial charge in [-0.3, -0.25) is 9.59 Å². The predicted octanol–water partition coefficient (Wildman–Crippen LogP) is -0.603. The number of hydrogen-bond donors (Lipinski definition) is 3. The van der Waals surface area contributed by atoms with Crippen LogP contribution in [0.15, 0.2) is 0 Å². The molecule has 0 bridgehead atoms. The van der Waals surface area contributed by atoms with Crippen LogP contribution in [0.3, 0.4) is 0 Å². The summed E-state index contributed by atoms with van der Waals surface area (Å²) in [4.78, 5) is 20.6. The summed E-state index contributed by atoms with van der Waals surface area (Å²) in [6.45, 7) is 0. The number of carbonyl (C=O) groups excluding carboxylic acids is 1. The molecular weight excluding hydrogens is 192 g/mol. The Hall–Kier alpha value is -0.750. The van der Waals surface area contributed by atoms with Crippen LogP contribution in [0.5, 0.6) is 0 Å². The van der Waals surface area contributed by atoms with Crippen molar-refractivity contribution in [1.29, 1.82) is 0 Å². The van der Waals surface area contributed by atoms with Crippen LogP contribution in [0.25, 0.3) is 0 Å². The SMILES string of the molecule is NC(=O)CCCSC[C@H](N)C(=O)O. The van der Waals surface area contributed by atoms with Crippen LogP contribution in [0, 0.1) is 0 Å². The lowest BCUT2D eigenvalue weighted by Gasteiger charge is -2.04. The molecular formula is C7H14N2O3S. The van der Waals surface area contributed by atoms with Crippen molar-refractivity contribution in [2.75, 3.05) is 11.5 Å². The second-order valence-electron chi connectivity index (χ2n) is 2.59. The van der Waals surface area contributed by atoms with Gasteiger partial charge in [0.1, 0.15) is 6.04 Å². The maximum absolute atomic E-state index is 10.3. The van der Waals surface area contributed by atoms with E-state index in [-0.39, 0.29) is 5.91 Å². The summed E-state index contributed by atoms with van der Waals surface area (Å²) in [5, 5.41) is 8.41. The zero-order valence-electron chi connectivity index (χ0n) is 7.23. The molecule has 0 rings (SSSR count). The van der Waals surface area contributed by atoms with Crippen LogP contribution in [0.1, 0.15) is 12.8 Å². The average molecular weight is 206 g/mol. The summed E-state index contributed by atoms with van der Waals surface area (Å²) in [6.07, 6.45) is 1.02. The third-order valence-electron chi connectivity index (χ3n) is 1.33. The molecule has 0 saturated heterocycles. The number of carboxylic acids is 1. The Morgan fingerprint density at radius 2 is 2.08 bits per heavy atom.